The van der Waals surface area contributed by atoms with Crippen molar-refractivity contribution in [3.63, 3.8) is 0 Å². The van der Waals surface area contributed by atoms with E-state index in [1.807, 2.05) is 0 Å². The molecule has 1 aliphatic carbocycles. The second-order valence-corrected chi connectivity index (χ2v) is 5.05. The Bertz CT molecular complexity index is 344. The van der Waals surface area contributed by atoms with E-state index in [2.05, 4.69) is 20.8 Å². The van der Waals surface area contributed by atoms with Gasteiger partial charge in [0.1, 0.15) is 0 Å². The van der Waals surface area contributed by atoms with Gasteiger partial charge in [0.15, 0.2) is 0 Å². The third-order valence-corrected chi connectivity index (χ3v) is 3.55. The number of tetrazole rings is 1. The smallest absolute Gasteiger partial charge is 0.209 e. The molecule has 0 saturated heterocycles. The zero-order valence-electron chi connectivity index (χ0n) is 9.49. The van der Waals surface area contributed by atoms with Gasteiger partial charge in [-0.3, -0.25) is 0 Å². The van der Waals surface area contributed by atoms with Crippen molar-refractivity contribution in [1.82, 2.24) is 25.5 Å². The Hall–Kier alpha value is -0.700. The fourth-order valence-corrected chi connectivity index (χ4v) is 2.14. The van der Waals surface area contributed by atoms with E-state index in [1.165, 1.54) is 24.6 Å². The molecule has 1 aliphatic rings. The third kappa shape index (κ3) is 4.23. The second kappa shape index (κ2) is 6.29. The highest BCUT2D eigenvalue weighted by molar-refractivity contribution is 7.99. The molecule has 17 heavy (non-hydrogen) atoms. The van der Waals surface area contributed by atoms with Crippen molar-refractivity contribution in [1.29, 1.82) is 0 Å². The number of hydrogen-bond acceptors (Lipinski definition) is 7. The van der Waals surface area contributed by atoms with Crippen molar-refractivity contribution in [2.45, 2.75) is 36.7 Å². The van der Waals surface area contributed by atoms with Gasteiger partial charge in [0.2, 0.25) is 5.16 Å². The first-order valence-electron chi connectivity index (χ1n) is 5.71. The molecule has 1 aromatic heterocycles. The minimum Gasteiger partial charge on any atom is -0.394 e. The number of thioether (sulfide) groups is 1. The van der Waals surface area contributed by atoms with E-state index in [-0.39, 0.29) is 6.61 Å². The zero-order chi connectivity index (χ0) is 12.1. The first-order valence-corrected chi connectivity index (χ1v) is 6.69. The fraction of sp³-hybridized carbons (Fsp3) is 0.889. The van der Waals surface area contributed by atoms with Crippen molar-refractivity contribution in [2.75, 3.05) is 18.9 Å². The number of nitrogens with one attached hydrogen (secondary N) is 1. The second-order valence-electron chi connectivity index (χ2n) is 4.06. The molecular formula is C9H17N5O2S. The lowest BCUT2D eigenvalue weighted by atomic mass is 10.4. The van der Waals surface area contributed by atoms with Gasteiger partial charge in [0.05, 0.1) is 19.3 Å². The molecule has 7 nitrogen and oxygen atoms in total. The van der Waals surface area contributed by atoms with Crippen LogP contribution >= 0.6 is 11.8 Å². The summed E-state index contributed by atoms with van der Waals surface area (Å²) in [6.07, 6.45) is 1.80. The summed E-state index contributed by atoms with van der Waals surface area (Å²) in [7, 11) is 0. The molecule has 0 radical (unpaired) electrons. The summed E-state index contributed by atoms with van der Waals surface area (Å²) in [5, 5.41) is 33.4. The van der Waals surface area contributed by atoms with Gasteiger partial charge >= 0.3 is 0 Å². The number of nitrogens with zero attached hydrogens (tertiary/aromatic N) is 4. The van der Waals surface area contributed by atoms with Gasteiger partial charge in [-0.1, -0.05) is 11.8 Å². The van der Waals surface area contributed by atoms with E-state index >= 15 is 0 Å². The normalized spacial score (nSPS) is 17.3. The summed E-state index contributed by atoms with van der Waals surface area (Å²) < 4.78 is 1.71. The average Bonchev–Trinajstić information content (AvgIpc) is 3.05. The van der Waals surface area contributed by atoms with Gasteiger partial charge in [0, 0.05) is 18.3 Å². The van der Waals surface area contributed by atoms with E-state index in [0.717, 1.165) is 13.1 Å². The minimum atomic E-state index is -0.727. The van der Waals surface area contributed by atoms with Gasteiger partial charge in [-0.2, -0.15) is 0 Å². The highest BCUT2D eigenvalue weighted by atomic mass is 32.2. The lowest BCUT2D eigenvalue weighted by molar-refractivity contribution is 0.113. The van der Waals surface area contributed by atoms with Gasteiger partial charge in [-0.25, -0.2) is 4.68 Å². The highest BCUT2D eigenvalue weighted by Crippen LogP contribution is 2.18. The Morgan fingerprint density at radius 3 is 3.06 bits per heavy atom. The van der Waals surface area contributed by atoms with Crippen LogP contribution in [-0.4, -0.2) is 61.5 Å². The maximum Gasteiger partial charge on any atom is 0.209 e. The number of aliphatic hydroxyl groups excluding tert-OH is 2. The topological polar surface area (TPSA) is 96.1 Å². The average molecular weight is 259 g/mol. The minimum absolute atomic E-state index is 0.238. The predicted octanol–water partition coefficient (Wildman–Crippen LogP) is -1.13. The van der Waals surface area contributed by atoms with E-state index in [4.69, 9.17) is 5.11 Å². The van der Waals surface area contributed by atoms with Crippen molar-refractivity contribution < 1.29 is 10.2 Å². The maximum absolute atomic E-state index is 9.24. The van der Waals surface area contributed by atoms with E-state index in [0.29, 0.717) is 17.0 Å². The zero-order valence-corrected chi connectivity index (χ0v) is 10.3. The molecule has 0 aliphatic heterocycles. The fourth-order valence-electron chi connectivity index (χ4n) is 1.33. The van der Waals surface area contributed by atoms with Crippen LogP contribution in [0.15, 0.2) is 5.16 Å². The Balaban J connectivity index is 1.74. The summed E-state index contributed by atoms with van der Waals surface area (Å²) in [6.45, 7) is 1.34. The molecule has 2 rings (SSSR count). The SMILES string of the molecule is OCC(O)CSc1nnnn1CCNC1CC1. The summed E-state index contributed by atoms with van der Waals surface area (Å²) >= 11 is 1.35. The molecular weight excluding hydrogens is 242 g/mol. The van der Waals surface area contributed by atoms with Crippen LogP contribution in [0.5, 0.6) is 0 Å². The van der Waals surface area contributed by atoms with Crippen molar-refractivity contribution in [3.8, 4) is 0 Å². The Kier molecular flexibility index (Phi) is 4.72. The molecule has 0 amide bonds. The van der Waals surface area contributed by atoms with Crippen LogP contribution in [0.2, 0.25) is 0 Å². The largest absolute Gasteiger partial charge is 0.394 e. The molecule has 1 unspecified atom stereocenters. The number of aromatic nitrogens is 4. The van der Waals surface area contributed by atoms with Gasteiger partial charge in [-0.15, -0.1) is 5.10 Å². The Labute approximate surface area is 104 Å². The molecule has 1 heterocycles. The predicted molar refractivity (Wildman–Crippen MR) is 62.7 cm³/mol. The molecule has 1 fully saturated rings. The third-order valence-electron chi connectivity index (χ3n) is 2.45. The highest BCUT2D eigenvalue weighted by Gasteiger charge is 2.20. The number of hydrogen-bond donors (Lipinski definition) is 3. The van der Waals surface area contributed by atoms with Crippen LogP contribution in [0.4, 0.5) is 0 Å². The summed E-state index contributed by atoms with van der Waals surface area (Å²) in [5.41, 5.74) is 0. The maximum atomic E-state index is 9.24. The number of rotatable bonds is 8. The van der Waals surface area contributed by atoms with E-state index in [1.54, 1.807) is 4.68 Å². The first kappa shape index (κ1) is 12.7. The van der Waals surface area contributed by atoms with Crippen LogP contribution in [0.3, 0.4) is 0 Å². The lowest BCUT2D eigenvalue weighted by Gasteiger charge is -2.07. The van der Waals surface area contributed by atoms with Crippen molar-refractivity contribution in [2.24, 2.45) is 0 Å². The molecule has 8 heteroatoms. The Morgan fingerprint density at radius 2 is 2.35 bits per heavy atom. The van der Waals surface area contributed by atoms with Crippen LogP contribution in [-0.2, 0) is 6.54 Å². The molecule has 3 N–H and O–H groups in total. The van der Waals surface area contributed by atoms with Gasteiger partial charge in [-0.05, 0) is 23.3 Å². The summed E-state index contributed by atoms with van der Waals surface area (Å²) in [4.78, 5) is 0. The lowest BCUT2D eigenvalue weighted by Crippen LogP contribution is -2.23. The van der Waals surface area contributed by atoms with E-state index in [9.17, 15) is 5.11 Å². The molecule has 0 aromatic carbocycles. The summed E-state index contributed by atoms with van der Waals surface area (Å²) in [6, 6.07) is 0.679. The van der Waals surface area contributed by atoms with Crippen LogP contribution in [0, 0.1) is 0 Å². The monoisotopic (exact) mass is 259 g/mol. The van der Waals surface area contributed by atoms with Crippen LogP contribution in [0.25, 0.3) is 0 Å². The Morgan fingerprint density at radius 1 is 1.53 bits per heavy atom. The summed E-state index contributed by atoms with van der Waals surface area (Å²) in [5.74, 6) is 0.396. The quantitative estimate of drug-likeness (QED) is 0.508. The molecule has 1 atom stereocenters. The van der Waals surface area contributed by atoms with Crippen LogP contribution in [0.1, 0.15) is 12.8 Å². The molecule has 0 spiro atoms. The first-order chi connectivity index (χ1) is 8.29. The standard InChI is InChI=1S/C9H17N5O2S/c15-5-8(16)6-17-9-11-12-13-14(9)4-3-10-7-1-2-7/h7-8,10,15-16H,1-6H2. The molecule has 0 bridgehead atoms. The molecule has 1 aromatic rings. The number of aliphatic hydroxyl groups is 2. The van der Waals surface area contributed by atoms with Gasteiger partial charge in [0.25, 0.3) is 0 Å². The van der Waals surface area contributed by atoms with Crippen LogP contribution < -0.4 is 5.32 Å². The molecule has 1 saturated carbocycles. The van der Waals surface area contributed by atoms with Crippen molar-refractivity contribution >= 4 is 11.8 Å². The van der Waals surface area contributed by atoms with Crippen molar-refractivity contribution in [3.05, 3.63) is 0 Å². The molecule has 96 valence electrons. The van der Waals surface area contributed by atoms with E-state index < -0.39 is 6.10 Å². The van der Waals surface area contributed by atoms with Gasteiger partial charge < -0.3 is 15.5 Å².